The van der Waals surface area contributed by atoms with Crippen molar-refractivity contribution in [3.05, 3.63) is 23.0 Å². The molecule has 0 fully saturated rings. The zero-order valence-corrected chi connectivity index (χ0v) is 9.88. The van der Waals surface area contributed by atoms with E-state index in [2.05, 4.69) is 10.5 Å². The van der Waals surface area contributed by atoms with Gasteiger partial charge in [0.1, 0.15) is 17.3 Å². The number of nitrogens with one attached hydrogen (secondary N) is 1. The van der Waals surface area contributed by atoms with Gasteiger partial charge in [-0.1, -0.05) is 11.6 Å². The molecule has 7 heteroatoms. The molecule has 0 aliphatic heterocycles. The van der Waals surface area contributed by atoms with Crippen molar-refractivity contribution in [2.75, 3.05) is 12.5 Å². The summed E-state index contributed by atoms with van der Waals surface area (Å²) in [4.78, 5) is 10.5. The summed E-state index contributed by atoms with van der Waals surface area (Å²) >= 11 is 5.69. The monoisotopic (exact) mass is 260 g/mol. The second-order valence-electron chi connectivity index (χ2n) is 3.08. The molecule has 0 saturated carbocycles. The van der Waals surface area contributed by atoms with Gasteiger partial charge < -0.3 is 9.84 Å². The molecule has 0 spiro atoms. The molecule has 0 aliphatic carbocycles. The first kappa shape index (κ1) is 13.2. The predicted molar refractivity (Wildman–Crippen MR) is 62.3 cm³/mol. The van der Waals surface area contributed by atoms with E-state index < -0.39 is 11.8 Å². The van der Waals surface area contributed by atoms with Crippen LogP contribution in [0.1, 0.15) is 6.92 Å². The number of ether oxygens (including phenoxy) is 1. The molecule has 0 amide bonds. The van der Waals surface area contributed by atoms with Gasteiger partial charge in [-0.25, -0.2) is 9.18 Å². The minimum Gasteiger partial charge on any atom is -0.495 e. The molecule has 17 heavy (non-hydrogen) atoms. The predicted octanol–water partition coefficient (Wildman–Crippen LogP) is 2.36. The van der Waals surface area contributed by atoms with Crippen LogP contribution in [0.15, 0.2) is 17.2 Å². The molecular weight excluding hydrogens is 251 g/mol. The third-order valence-corrected chi connectivity index (χ3v) is 2.19. The first-order valence-electron chi connectivity index (χ1n) is 4.52. The number of carboxylic acids is 1. The van der Waals surface area contributed by atoms with Crippen LogP contribution in [-0.2, 0) is 4.79 Å². The first-order chi connectivity index (χ1) is 7.95. The molecule has 0 heterocycles. The molecule has 0 bridgehead atoms. The molecule has 92 valence electrons. The fourth-order valence-electron chi connectivity index (χ4n) is 0.963. The quantitative estimate of drug-likeness (QED) is 0.644. The van der Waals surface area contributed by atoms with Gasteiger partial charge in [-0.3, -0.25) is 5.43 Å². The zero-order valence-electron chi connectivity index (χ0n) is 9.12. The lowest BCUT2D eigenvalue weighted by molar-refractivity contribution is -0.129. The van der Waals surface area contributed by atoms with Gasteiger partial charge in [-0.15, -0.1) is 0 Å². The number of rotatable bonds is 4. The Hall–Kier alpha value is -1.82. The maximum atomic E-state index is 13.4. The third kappa shape index (κ3) is 3.32. The van der Waals surface area contributed by atoms with Crippen molar-refractivity contribution in [2.24, 2.45) is 5.10 Å². The second kappa shape index (κ2) is 5.49. The van der Waals surface area contributed by atoms with Gasteiger partial charge >= 0.3 is 5.97 Å². The second-order valence-corrected chi connectivity index (χ2v) is 3.49. The SMILES string of the molecule is COc1cc(N/N=C(\C)C(=O)O)c(F)cc1Cl. The van der Waals surface area contributed by atoms with E-state index in [1.54, 1.807) is 0 Å². The minimum absolute atomic E-state index is 0.0214. The number of hydrazone groups is 1. The summed E-state index contributed by atoms with van der Waals surface area (Å²) in [6.07, 6.45) is 0. The van der Waals surface area contributed by atoms with Crippen LogP contribution >= 0.6 is 11.6 Å². The summed E-state index contributed by atoms with van der Waals surface area (Å²) < 4.78 is 18.3. The van der Waals surface area contributed by atoms with Crippen molar-refractivity contribution < 1.29 is 19.0 Å². The lowest BCUT2D eigenvalue weighted by atomic mass is 10.3. The van der Waals surface area contributed by atoms with Gasteiger partial charge in [-0.2, -0.15) is 5.10 Å². The van der Waals surface area contributed by atoms with E-state index in [0.717, 1.165) is 6.07 Å². The summed E-state index contributed by atoms with van der Waals surface area (Å²) in [5, 5.41) is 12.2. The van der Waals surface area contributed by atoms with Crippen LogP contribution in [0.4, 0.5) is 10.1 Å². The van der Waals surface area contributed by atoms with Gasteiger partial charge in [0.05, 0.1) is 17.8 Å². The Kier molecular flexibility index (Phi) is 4.28. The van der Waals surface area contributed by atoms with E-state index in [-0.39, 0.29) is 22.2 Å². The van der Waals surface area contributed by atoms with Crippen LogP contribution in [0.3, 0.4) is 0 Å². The van der Waals surface area contributed by atoms with Crippen molar-refractivity contribution in [1.29, 1.82) is 0 Å². The maximum absolute atomic E-state index is 13.4. The van der Waals surface area contributed by atoms with Crippen LogP contribution < -0.4 is 10.2 Å². The summed E-state index contributed by atoms with van der Waals surface area (Å²) in [6.45, 7) is 1.28. The average molecular weight is 261 g/mol. The Balaban J connectivity index is 2.99. The Morgan fingerprint density at radius 1 is 1.59 bits per heavy atom. The smallest absolute Gasteiger partial charge is 0.351 e. The number of hydrogen-bond acceptors (Lipinski definition) is 4. The first-order valence-corrected chi connectivity index (χ1v) is 4.90. The van der Waals surface area contributed by atoms with Gasteiger partial charge in [0.25, 0.3) is 0 Å². The third-order valence-electron chi connectivity index (χ3n) is 1.90. The Morgan fingerprint density at radius 2 is 2.24 bits per heavy atom. The van der Waals surface area contributed by atoms with E-state index in [1.807, 2.05) is 0 Å². The summed E-state index contributed by atoms with van der Waals surface area (Å²) in [5.41, 5.74) is 2.07. The van der Waals surface area contributed by atoms with Crippen LogP contribution in [0.2, 0.25) is 5.02 Å². The summed E-state index contributed by atoms with van der Waals surface area (Å²) in [7, 11) is 1.38. The molecule has 0 unspecified atom stereocenters. The molecule has 5 nitrogen and oxygen atoms in total. The summed E-state index contributed by atoms with van der Waals surface area (Å²) in [5.74, 6) is -1.59. The fourth-order valence-corrected chi connectivity index (χ4v) is 1.19. The van der Waals surface area contributed by atoms with E-state index in [4.69, 9.17) is 21.4 Å². The molecule has 1 rings (SSSR count). The minimum atomic E-state index is -1.20. The molecule has 1 aromatic rings. The molecule has 0 radical (unpaired) electrons. The van der Waals surface area contributed by atoms with E-state index in [9.17, 15) is 9.18 Å². The highest BCUT2D eigenvalue weighted by atomic mass is 35.5. The number of carbonyl (C=O) groups is 1. The van der Waals surface area contributed by atoms with Crippen LogP contribution in [0.25, 0.3) is 0 Å². The molecular formula is C10H10ClFN2O3. The summed E-state index contributed by atoms with van der Waals surface area (Å²) in [6, 6.07) is 2.34. The number of benzene rings is 1. The van der Waals surface area contributed by atoms with Gasteiger partial charge in [0.2, 0.25) is 0 Å². The lowest BCUT2D eigenvalue weighted by Gasteiger charge is -2.07. The molecule has 0 aliphatic rings. The molecule has 0 atom stereocenters. The number of halogens is 2. The van der Waals surface area contributed by atoms with Crippen molar-refractivity contribution in [3.8, 4) is 5.75 Å². The maximum Gasteiger partial charge on any atom is 0.351 e. The van der Waals surface area contributed by atoms with Crippen molar-refractivity contribution in [3.63, 3.8) is 0 Å². The molecule has 0 saturated heterocycles. The van der Waals surface area contributed by atoms with Crippen molar-refractivity contribution in [2.45, 2.75) is 6.92 Å². The molecule has 2 N–H and O–H groups in total. The van der Waals surface area contributed by atoms with E-state index in [0.29, 0.717) is 0 Å². The topological polar surface area (TPSA) is 70.9 Å². The van der Waals surface area contributed by atoms with Crippen LogP contribution in [-0.4, -0.2) is 23.9 Å². The lowest BCUT2D eigenvalue weighted by Crippen LogP contribution is -2.10. The molecule has 0 aromatic heterocycles. The fraction of sp³-hybridized carbons (Fsp3) is 0.200. The van der Waals surface area contributed by atoms with E-state index in [1.165, 1.54) is 20.1 Å². The van der Waals surface area contributed by atoms with Gasteiger partial charge in [0, 0.05) is 6.07 Å². The van der Waals surface area contributed by atoms with Crippen molar-refractivity contribution in [1.82, 2.24) is 0 Å². The Bertz CT molecular complexity index is 477. The highest BCUT2D eigenvalue weighted by Crippen LogP contribution is 2.30. The highest BCUT2D eigenvalue weighted by Gasteiger charge is 2.09. The normalized spacial score (nSPS) is 11.2. The van der Waals surface area contributed by atoms with E-state index >= 15 is 0 Å². The average Bonchev–Trinajstić information content (AvgIpc) is 2.27. The number of nitrogens with zero attached hydrogens (tertiary/aromatic N) is 1. The highest BCUT2D eigenvalue weighted by molar-refractivity contribution is 6.34. The standard InChI is InChI=1S/C10H10ClFN2O3/c1-5(10(15)16)13-14-8-4-9(17-2)6(11)3-7(8)12/h3-4,14H,1-2H3,(H,15,16)/b13-5+. The Labute approximate surface area is 102 Å². The number of aliphatic carboxylic acids is 1. The van der Waals surface area contributed by atoms with Gasteiger partial charge in [-0.05, 0) is 13.0 Å². The number of anilines is 1. The van der Waals surface area contributed by atoms with Crippen LogP contribution in [0.5, 0.6) is 5.75 Å². The zero-order chi connectivity index (χ0) is 13.0. The van der Waals surface area contributed by atoms with Crippen LogP contribution in [0, 0.1) is 5.82 Å². The Morgan fingerprint density at radius 3 is 2.76 bits per heavy atom. The largest absolute Gasteiger partial charge is 0.495 e. The van der Waals surface area contributed by atoms with Gasteiger partial charge in [0.15, 0.2) is 0 Å². The number of hydrogen-bond donors (Lipinski definition) is 2. The van der Waals surface area contributed by atoms with Crippen molar-refractivity contribution >= 4 is 29.0 Å². The number of methoxy groups -OCH3 is 1. The number of carboxylic acid groups (broad SMARTS) is 1. The molecule has 1 aromatic carbocycles.